The summed E-state index contributed by atoms with van der Waals surface area (Å²) in [7, 11) is 0. The fourth-order valence-electron chi connectivity index (χ4n) is 1.41. The van der Waals surface area contributed by atoms with Crippen molar-refractivity contribution in [1.82, 2.24) is 15.6 Å². The van der Waals surface area contributed by atoms with Crippen molar-refractivity contribution in [2.45, 2.75) is 33.2 Å². The maximum Gasteiger partial charge on any atom is 0.233 e. The molecule has 0 saturated heterocycles. The van der Waals surface area contributed by atoms with Crippen molar-refractivity contribution in [1.29, 1.82) is 0 Å². The molecule has 4 nitrogen and oxygen atoms in total. The van der Waals surface area contributed by atoms with Gasteiger partial charge in [-0.25, -0.2) is 4.98 Å². The van der Waals surface area contributed by atoms with Crippen molar-refractivity contribution in [3.8, 4) is 0 Å². The number of thiazole rings is 1. The molecule has 1 amide bonds. The first-order valence-electron chi connectivity index (χ1n) is 6.03. The molecule has 96 valence electrons. The molecule has 17 heavy (non-hydrogen) atoms. The van der Waals surface area contributed by atoms with E-state index in [1.54, 1.807) is 17.5 Å². The van der Waals surface area contributed by atoms with Gasteiger partial charge in [0.25, 0.3) is 0 Å². The summed E-state index contributed by atoms with van der Waals surface area (Å²) in [6.45, 7) is 7.33. The van der Waals surface area contributed by atoms with Gasteiger partial charge >= 0.3 is 0 Å². The van der Waals surface area contributed by atoms with E-state index in [0.29, 0.717) is 12.5 Å². The molecule has 1 atom stereocenters. The van der Waals surface area contributed by atoms with Crippen molar-refractivity contribution in [3.05, 3.63) is 16.6 Å². The van der Waals surface area contributed by atoms with Gasteiger partial charge in [-0.05, 0) is 12.3 Å². The highest BCUT2D eigenvalue weighted by Gasteiger charge is 2.12. The number of carbonyl (C=O) groups excluding carboxylic acids is 1. The molecule has 0 radical (unpaired) electrons. The second-order valence-corrected chi connectivity index (χ2v) is 5.34. The van der Waals surface area contributed by atoms with E-state index in [-0.39, 0.29) is 11.9 Å². The summed E-state index contributed by atoms with van der Waals surface area (Å²) in [5, 5.41) is 9.12. The highest BCUT2D eigenvalue weighted by atomic mass is 32.1. The topological polar surface area (TPSA) is 54.0 Å². The number of carbonyl (C=O) groups is 1. The van der Waals surface area contributed by atoms with Gasteiger partial charge in [-0.2, -0.15) is 0 Å². The second-order valence-electron chi connectivity index (χ2n) is 4.41. The molecule has 0 bridgehead atoms. The number of rotatable bonds is 7. The zero-order valence-electron chi connectivity index (χ0n) is 10.7. The molecule has 0 aliphatic carbocycles. The van der Waals surface area contributed by atoms with E-state index in [0.717, 1.165) is 18.0 Å². The number of hydrogen-bond donors (Lipinski definition) is 2. The van der Waals surface area contributed by atoms with Gasteiger partial charge in [-0.3, -0.25) is 10.1 Å². The summed E-state index contributed by atoms with van der Waals surface area (Å²) in [5.74, 6) is 0.536. The van der Waals surface area contributed by atoms with Crippen LogP contribution in [0.3, 0.4) is 0 Å². The molecule has 0 aromatic carbocycles. The Morgan fingerprint density at radius 3 is 2.82 bits per heavy atom. The van der Waals surface area contributed by atoms with Crippen LogP contribution in [0.5, 0.6) is 0 Å². The Bertz CT molecular complexity index is 325. The lowest BCUT2D eigenvalue weighted by molar-refractivity contribution is -0.120. The molecule has 1 rings (SSSR count). The summed E-state index contributed by atoms with van der Waals surface area (Å²) in [6.07, 6.45) is 2.73. The van der Waals surface area contributed by atoms with E-state index < -0.39 is 0 Å². The molecule has 0 fully saturated rings. The highest BCUT2D eigenvalue weighted by molar-refractivity contribution is 7.09. The molecule has 0 spiro atoms. The molecule has 1 unspecified atom stereocenters. The summed E-state index contributed by atoms with van der Waals surface area (Å²) in [4.78, 5) is 15.8. The predicted molar refractivity (Wildman–Crippen MR) is 71.0 cm³/mol. The van der Waals surface area contributed by atoms with Crippen LogP contribution < -0.4 is 10.6 Å². The lowest BCUT2D eigenvalue weighted by Crippen LogP contribution is -2.37. The highest BCUT2D eigenvalue weighted by Crippen LogP contribution is 2.18. The van der Waals surface area contributed by atoms with Crippen molar-refractivity contribution in [3.63, 3.8) is 0 Å². The largest absolute Gasteiger partial charge is 0.355 e. The van der Waals surface area contributed by atoms with Crippen molar-refractivity contribution < 1.29 is 4.79 Å². The Kier molecular flexibility index (Phi) is 6.15. The van der Waals surface area contributed by atoms with E-state index in [4.69, 9.17) is 0 Å². The van der Waals surface area contributed by atoms with Crippen molar-refractivity contribution >= 4 is 17.2 Å². The number of nitrogens with one attached hydrogen (secondary N) is 2. The smallest absolute Gasteiger partial charge is 0.233 e. The van der Waals surface area contributed by atoms with Gasteiger partial charge in [0.2, 0.25) is 5.91 Å². The summed E-state index contributed by atoms with van der Waals surface area (Å²) < 4.78 is 0. The summed E-state index contributed by atoms with van der Waals surface area (Å²) in [6, 6.07) is 0.180. The quantitative estimate of drug-likeness (QED) is 0.783. The molecule has 5 heteroatoms. The fourth-order valence-corrected chi connectivity index (χ4v) is 2.21. The Balaban J connectivity index is 2.31. The first-order chi connectivity index (χ1) is 8.13. The van der Waals surface area contributed by atoms with E-state index in [9.17, 15) is 4.79 Å². The zero-order valence-corrected chi connectivity index (χ0v) is 11.5. The number of aromatic nitrogens is 1. The molecule has 0 aliphatic heterocycles. The zero-order chi connectivity index (χ0) is 12.7. The average Bonchev–Trinajstić information content (AvgIpc) is 2.81. The number of amides is 1. The third-order valence-corrected chi connectivity index (χ3v) is 3.26. The van der Waals surface area contributed by atoms with Gasteiger partial charge in [0.05, 0.1) is 12.6 Å². The minimum absolute atomic E-state index is 0.0497. The lowest BCUT2D eigenvalue weighted by Gasteiger charge is -2.14. The monoisotopic (exact) mass is 255 g/mol. The van der Waals surface area contributed by atoms with Gasteiger partial charge in [0.1, 0.15) is 5.01 Å². The van der Waals surface area contributed by atoms with Crippen LogP contribution in [0.15, 0.2) is 11.6 Å². The summed E-state index contributed by atoms with van der Waals surface area (Å²) >= 11 is 1.62. The Morgan fingerprint density at radius 1 is 1.53 bits per heavy atom. The first-order valence-corrected chi connectivity index (χ1v) is 6.91. The minimum atomic E-state index is 0.0497. The molecule has 1 aromatic rings. The summed E-state index contributed by atoms with van der Waals surface area (Å²) in [5.41, 5.74) is 0. The molecule has 0 saturated carbocycles. The van der Waals surface area contributed by atoms with E-state index in [1.165, 1.54) is 0 Å². The molecule has 1 aromatic heterocycles. The molecule has 1 heterocycles. The third-order valence-electron chi connectivity index (χ3n) is 2.37. The maximum absolute atomic E-state index is 11.5. The Hall–Kier alpha value is -0.940. The predicted octanol–water partition coefficient (Wildman–Crippen LogP) is 1.96. The van der Waals surface area contributed by atoms with Crippen LogP contribution in [0.4, 0.5) is 0 Å². The number of hydrogen-bond acceptors (Lipinski definition) is 4. The van der Waals surface area contributed by atoms with Crippen LogP contribution in [0, 0.1) is 5.92 Å². The fraction of sp³-hybridized carbons (Fsp3) is 0.667. The van der Waals surface area contributed by atoms with Crippen LogP contribution in [0.1, 0.15) is 38.2 Å². The van der Waals surface area contributed by atoms with Crippen molar-refractivity contribution in [2.24, 2.45) is 5.92 Å². The van der Waals surface area contributed by atoms with E-state index in [2.05, 4.69) is 36.4 Å². The third kappa shape index (κ3) is 5.28. The van der Waals surface area contributed by atoms with Gasteiger partial charge in [-0.1, -0.05) is 20.8 Å². The van der Waals surface area contributed by atoms with Crippen LogP contribution in [0.25, 0.3) is 0 Å². The maximum atomic E-state index is 11.5. The van der Waals surface area contributed by atoms with Crippen LogP contribution in [0.2, 0.25) is 0 Å². The van der Waals surface area contributed by atoms with Crippen LogP contribution in [-0.2, 0) is 4.79 Å². The Morgan fingerprint density at radius 2 is 2.29 bits per heavy atom. The van der Waals surface area contributed by atoms with Gasteiger partial charge < -0.3 is 5.32 Å². The lowest BCUT2D eigenvalue weighted by atomic mass is 10.2. The average molecular weight is 255 g/mol. The minimum Gasteiger partial charge on any atom is -0.355 e. The Labute approximate surface area is 107 Å². The van der Waals surface area contributed by atoms with Crippen LogP contribution in [-0.4, -0.2) is 24.0 Å². The second kappa shape index (κ2) is 7.40. The van der Waals surface area contributed by atoms with Crippen LogP contribution >= 0.6 is 11.3 Å². The van der Waals surface area contributed by atoms with Gasteiger partial charge in [-0.15, -0.1) is 11.3 Å². The molecule has 0 aliphatic rings. The standard InChI is InChI=1S/C12H21N3OS/c1-4-10(12-13-5-6-17-12)14-8-11(16)15-7-9(2)3/h5-6,9-10,14H,4,7-8H2,1-3H3,(H,15,16). The van der Waals surface area contributed by atoms with Gasteiger partial charge in [0, 0.05) is 18.1 Å². The molecule has 2 N–H and O–H groups in total. The van der Waals surface area contributed by atoms with Crippen molar-refractivity contribution in [2.75, 3.05) is 13.1 Å². The van der Waals surface area contributed by atoms with E-state index in [1.807, 2.05) is 5.38 Å². The van der Waals surface area contributed by atoms with E-state index >= 15 is 0 Å². The normalized spacial score (nSPS) is 12.7. The molecular weight excluding hydrogens is 234 g/mol. The van der Waals surface area contributed by atoms with Gasteiger partial charge in [0.15, 0.2) is 0 Å². The SMILES string of the molecule is CCC(NCC(=O)NCC(C)C)c1nccs1. The number of nitrogens with zero attached hydrogens (tertiary/aromatic N) is 1. The first kappa shape index (κ1) is 14.1. The molecular formula is C12H21N3OS.